The Morgan fingerprint density at radius 2 is 1.92 bits per heavy atom. The average molecular weight is 379 g/mol. The number of H-pyrrole nitrogens is 1. The van der Waals surface area contributed by atoms with Gasteiger partial charge in [-0.15, -0.1) is 0 Å². The first-order valence-corrected chi connectivity index (χ1v) is 8.47. The van der Waals surface area contributed by atoms with E-state index in [4.69, 9.17) is 12.2 Å². The Hall–Kier alpha value is -2.48. The third-order valence-corrected chi connectivity index (χ3v) is 4.60. The molecule has 0 radical (unpaired) electrons. The van der Waals surface area contributed by atoms with Gasteiger partial charge in [-0.3, -0.25) is 14.3 Å². The van der Waals surface area contributed by atoms with Crippen LogP contribution in [0.4, 0.5) is 13.2 Å². The van der Waals surface area contributed by atoms with Gasteiger partial charge in [0.15, 0.2) is 4.77 Å². The van der Waals surface area contributed by atoms with E-state index in [9.17, 15) is 18.0 Å². The van der Waals surface area contributed by atoms with Crippen molar-refractivity contribution >= 4 is 23.3 Å². The molecule has 0 saturated carbocycles. The molecule has 0 aliphatic heterocycles. The van der Waals surface area contributed by atoms with Crippen LogP contribution in [0, 0.1) is 4.77 Å². The summed E-state index contributed by atoms with van der Waals surface area (Å²) in [7, 11) is 0. The number of nitrogens with one attached hydrogen (secondary N) is 1. The van der Waals surface area contributed by atoms with Crippen molar-refractivity contribution in [2.75, 3.05) is 0 Å². The second kappa shape index (κ2) is 6.68. The number of hydrogen-bond donors (Lipinski definition) is 1. The lowest BCUT2D eigenvalue weighted by Gasteiger charge is -2.19. The van der Waals surface area contributed by atoms with Crippen molar-refractivity contribution in [1.29, 1.82) is 0 Å². The van der Waals surface area contributed by atoms with E-state index in [1.807, 2.05) is 13.8 Å². The fourth-order valence-electron chi connectivity index (χ4n) is 2.82. The van der Waals surface area contributed by atoms with Crippen LogP contribution in [-0.4, -0.2) is 14.5 Å². The highest BCUT2D eigenvalue weighted by molar-refractivity contribution is 7.71. The highest BCUT2D eigenvalue weighted by Crippen LogP contribution is 2.36. The Labute approximate surface area is 152 Å². The van der Waals surface area contributed by atoms with Crippen molar-refractivity contribution in [1.82, 2.24) is 14.5 Å². The van der Waals surface area contributed by atoms with Crippen LogP contribution in [-0.2, 0) is 6.18 Å². The number of benzene rings is 1. The maximum Gasteiger partial charge on any atom is 0.417 e. The summed E-state index contributed by atoms with van der Waals surface area (Å²) in [6.45, 7) is 3.70. The number of fused-ring (bicyclic) bond motifs is 1. The fraction of sp³-hybridized carbons (Fsp3) is 0.278. The first-order valence-electron chi connectivity index (χ1n) is 8.06. The number of alkyl halides is 3. The molecule has 0 saturated heterocycles. The molecule has 0 bridgehead atoms. The fourth-order valence-corrected chi connectivity index (χ4v) is 3.18. The lowest BCUT2D eigenvalue weighted by molar-refractivity contribution is -0.136. The van der Waals surface area contributed by atoms with Gasteiger partial charge < -0.3 is 0 Å². The first kappa shape index (κ1) is 18.3. The van der Waals surface area contributed by atoms with Crippen LogP contribution in [0.15, 0.2) is 41.2 Å². The summed E-state index contributed by atoms with van der Waals surface area (Å²) in [6, 6.07) is 9.23. The molecule has 0 spiro atoms. The summed E-state index contributed by atoms with van der Waals surface area (Å²) in [5.41, 5.74) is -1.29. The number of hydrogen-bond acceptors (Lipinski definition) is 3. The number of pyridine rings is 1. The highest BCUT2D eigenvalue weighted by atomic mass is 32.1. The lowest BCUT2D eigenvalue weighted by atomic mass is 10.1. The van der Waals surface area contributed by atoms with Gasteiger partial charge >= 0.3 is 6.18 Å². The lowest BCUT2D eigenvalue weighted by Crippen LogP contribution is -2.22. The molecule has 0 amide bonds. The van der Waals surface area contributed by atoms with Crippen LogP contribution in [0.3, 0.4) is 0 Å². The Morgan fingerprint density at radius 3 is 2.50 bits per heavy atom. The number of halogens is 3. The molecule has 26 heavy (non-hydrogen) atoms. The van der Waals surface area contributed by atoms with E-state index in [1.54, 1.807) is 30.3 Å². The summed E-state index contributed by atoms with van der Waals surface area (Å²) in [4.78, 5) is 19.0. The number of aromatic amines is 1. The summed E-state index contributed by atoms with van der Waals surface area (Å²) < 4.78 is 42.6. The average Bonchev–Trinajstić information content (AvgIpc) is 2.60. The first-order chi connectivity index (χ1) is 12.2. The van der Waals surface area contributed by atoms with Gasteiger partial charge in [-0.25, -0.2) is 4.98 Å². The van der Waals surface area contributed by atoms with Gasteiger partial charge in [-0.1, -0.05) is 37.3 Å². The zero-order valence-corrected chi connectivity index (χ0v) is 14.9. The van der Waals surface area contributed by atoms with Gasteiger partial charge in [-0.2, -0.15) is 13.2 Å². The molecule has 3 aromatic rings. The Bertz CT molecular complexity index is 1070. The van der Waals surface area contributed by atoms with Gasteiger partial charge in [0.1, 0.15) is 5.65 Å². The van der Waals surface area contributed by atoms with E-state index in [0.717, 1.165) is 6.07 Å². The van der Waals surface area contributed by atoms with E-state index < -0.39 is 22.7 Å². The summed E-state index contributed by atoms with van der Waals surface area (Å²) in [5, 5.41) is -0.494. The molecule has 1 aromatic carbocycles. The van der Waals surface area contributed by atoms with Crippen molar-refractivity contribution in [2.24, 2.45) is 0 Å². The SMILES string of the molecule is CC[C@H](C)n1c(=S)[nH]c(=O)c2c(C(F)(F)F)cc(-c3ccccc3)nc21. The Morgan fingerprint density at radius 1 is 1.27 bits per heavy atom. The van der Waals surface area contributed by atoms with E-state index in [0.29, 0.717) is 12.0 Å². The molecule has 1 N–H and O–H groups in total. The third-order valence-electron chi connectivity index (χ3n) is 4.30. The molecule has 0 aliphatic carbocycles. The zero-order chi connectivity index (χ0) is 19.1. The van der Waals surface area contributed by atoms with Crippen molar-refractivity contribution in [3.8, 4) is 11.3 Å². The van der Waals surface area contributed by atoms with Crippen LogP contribution in [0.1, 0.15) is 31.9 Å². The molecular formula is C18H16F3N3OS. The van der Waals surface area contributed by atoms with Gasteiger partial charge in [-0.05, 0) is 31.6 Å². The normalized spacial score (nSPS) is 13.1. The predicted octanol–water partition coefficient (Wildman–Crippen LogP) is 5.11. The van der Waals surface area contributed by atoms with Crippen molar-refractivity contribution in [3.05, 3.63) is 57.1 Å². The largest absolute Gasteiger partial charge is 0.417 e. The number of nitrogens with zero attached hydrogens (tertiary/aromatic N) is 2. The molecule has 2 aromatic heterocycles. The summed E-state index contributed by atoms with van der Waals surface area (Å²) in [5.74, 6) is 0. The molecule has 1 atom stereocenters. The predicted molar refractivity (Wildman–Crippen MR) is 96.6 cm³/mol. The van der Waals surface area contributed by atoms with Crippen LogP contribution < -0.4 is 5.56 Å². The second-order valence-electron chi connectivity index (χ2n) is 6.00. The van der Waals surface area contributed by atoms with Crippen molar-refractivity contribution < 1.29 is 13.2 Å². The van der Waals surface area contributed by atoms with Crippen LogP contribution in [0.2, 0.25) is 0 Å². The summed E-state index contributed by atoms with van der Waals surface area (Å²) in [6.07, 6.45) is -4.08. The minimum atomic E-state index is -4.70. The maximum absolute atomic E-state index is 13.7. The molecule has 3 rings (SSSR count). The quantitative estimate of drug-likeness (QED) is 0.644. The second-order valence-corrected chi connectivity index (χ2v) is 6.39. The third kappa shape index (κ3) is 3.16. The Balaban J connectivity index is 2.52. The Kier molecular flexibility index (Phi) is 4.70. The number of rotatable bonds is 3. The topological polar surface area (TPSA) is 50.7 Å². The summed E-state index contributed by atoms with van der Waals surface area (Å²) >= 11 is 5.19. The molecule has 2 heterocycles. The van der Waals surface area contributed by atoms with Gasteiger partial charge in [0, 0.05) is 11.6 Å². The zero-order valence-electron chi connectivity index (χ0n) is 14.1. The smallest absolute Gasteiger partial charge is 0.300 e. The van der Waals surface area contributed by atoms with Gasteiger partial charge in [0.05, 0.1) is 16.6 Å². The van der Waals surface area contributed by atoms with E-state index >= 15 is 0 Å². The maximum atomic E-state index is 13.7. The molecule has 0 aliphatic rings. The van der Waals surface area contributed by atoms with E-state index in [2.05, 4.69) is 9.97 Å². The monoisotopic (exact) mass is 379 g/mol. The minimum absolute atomic E-state index is 0.0539. The van der Waals surface area contributed by atoms with Gasteiger partial charge in [0.25, 0.3) is 5.56 Å². The molecule has 0 fully saturated rings. The minimum Gasteiger partial charge on any atom is -0.300 e. The van der Waals surface area contributed by atoms with Crippen LogP contribution >= 0.6 is 12.2 Å². The van der Waals surface area contributed by atoms with Crippen LogP contribution in [0.25, 0.3) is 22.3 Å². The number of aromatic nitrogens is 3. The van der Waals surface area contributed by atoms with E-state index in [-0.39, 0.29) is 22.2 Å². The molecular weight excluding hydrogens is 363 g/mol. The highest BCUT2D eigenvalue weighted by Gasteiger charge is 2.35. The molecule has 4 nitrogen and oxygen atoms in total. The standard InChI is InChI=1S/C18H16F3N3OS/c1-3-10(2)24-15-14(16(25)23-17(24)26)12(18(19,20)21)9-13(22-15)11-7-5-4-6-8-11/h4-10H,3H2,1-2H3,(H,23,25,26)/t10-/m0/s1. The van der Waals surface area contributed by atoms with Gasteiger partial charge in [0.2, 0.25) is 0 Å². The molecule has 0 unspecified atom stereocenters. The van der Waals surface area contributed by atoms with Crippen molar-refractivity contribution in [3.63, 3.8) is 0 Å². The van der Waals surface area contributed by atoms with E-state index in [1.165, 1.54) is 4.57 Å². The molecule has 8 heteroatoms. The molecule has 136 valence electrons. The van der Waals surface area contributed by atoms with Crippen LogP contribution in [0.5, 0.6) is 0 Å². The van der Waals surface area contributed by atoms with Crippen molar-refractivity contribution in [2.45, 2.75) is 32.5 Å².